The lowest BCUT2D eigenvalue weighted by Gasteiger charge is -2.36. The summed E-state index contributed by atoms with van der Waals surface area (Å²) >= 11 is 0. The molecule has 2 aromatic rings. The highest BCUT2D eigenvalue weighted by molar-refractivity contribution is 5.78. The molecule has 166 valence electrons. The van der Waals surface area contributed by atoms with Crippen molar-refractivity contribution >= 4 is 5.91 Å². The molecule has 2 aliphatic heterocycles. The van der Waals surface area contributed by atoms with Crippen LogP contribution in [0.1, 0.15) is 37.9 Å². The number of aromatic nitrogens is 1. The first kappa shape index (κ1) is 21.6. The molecular formula is C25H33N3O3. The number of pyridine rings is 1. The number of fused-ring (bicyclic) bond motifs is 1. The molecule has 6 heteroatoms. The van der Waals surface area contributed by atoms with Crippen molar-refractivity contribution in [1.82, 2.24) is 14.8 Å². The van der Waals surface area contributed by atoms with Crippen molar-refractivity contribution in [1.29, 1.82) is 0 Å². The van der Waals surface area contributed by atoms with Crippen LogP contribution >= 0.6 is 0 Å². The Hall–Kier alpha value is -2.60. The summed E-state index contributed by atoms with van der Waals surface area (Å²) < 4.78 is 11.9. The van der Waals surface area contributed by atoms with Crippen LogP contribution in [0.4, 0.5) is 0 Å². The smallest absolute Gasteiger partial charge is 0.260 e. The normalized spacial score (nSPS) is 18.3. The fraction of sp³-hybridized carbons (Fsp3) is 0.520. The van der Waals surface area contributed by atoms with Gasteiger partial charge in [0.2, 0.25) is 0 Å². The Kier molecular flexibility index (Phi) is 6.46. The minimum Gasteiger partial charge on any atom is -0.483 e. The highest BCUT2D eigenvalue weighted by atomic mass is 16.5. The number of hydrogen-bond acceptors (Lipinski definition) is 5. The van der Waals surface area contributed by atoms with E-state index in [9.17, 15) is 4.79 Å². The van der Waals surface area contributed by atoms with Gasteiger partial charge in [0.05, 0.1) is 0 Å². The summed E-state index contributed by atoms with van der Waals surface area (Å²) in [6, 6.07) is 12.2. The van der Waals surface area contributed by atoms with Gasteiger partial charge in [-0.15, -0.1) is 0 Å². The van der Waals surface area contributed by atoms with Gasteiger partial charge in [-0.3, -0.25) is 9.78 Å². The van der Waals surface area contributed by atoms with E-state index in [4.69, 9.17) is 9.47 Å². The highest BCUT2D eigenvalue weighted by Gasteiger charge is 2.32. The summed E-state index contributed by atoms with van der Waals surface area (Å²) in [5.74, 6) is 1.46. The number of piperidine rings is 1. The Morgan fingerprint density at radius 2 is 2.03 bits per heavy atom. The van der Waals surface area contributed by atoms with Crippen LogP contribution in [0.2, 0.25) is 0 Å². The van der Waals surface area contributed by atoms with Gasteiger partial charge in [-0.1, -0.05) is 18.2 Å². The molecule has 0 N–H and O–H groups in total. The van der Waals surface area contributed by atoms with Gasteiger partial charge in [0.1, 0.15) is 5.60 Å². The predicted molar refractivity (Wildman–Crippen MR) is 121 cm³/mol. The summed E-state index contributed by atoms with van der Waals surface area (Å²) in [6.45, 7) is 7.20. The molecule has 1 fully saturated rings. The molecule has 3 heterocycles. The molecule has 0 saturated carbocycles. The van der Waals surface area contributed by atoms with Crippen LogP contribution in [-0.4, -0.2) is 65.6 Å². The number of hydrogen-bond donors (Lipinski definition) is 0. The van der Waals surface area contributed by atoms with Gasteiger partial charge >= 0.3 is 0 Å². The minimum atomic E-state index is -0.229. The van der Waals surface area contributed by atoms with E-state index in [0.29, 0.717) is 5.75 Å². The Labute approximate surface area is 185 Å². The van der Waals surface area contributed by atoms with E-state index in [-0.39, 0.29) is 24.2 Å². The fourth-order valence-electron chi connectivity index (χ4n) is 4.49. The number of benzene rings is 1. The van der Waals surface area contributed by atoms with E-state index in [1.165, 1.54) is 0 Å². The number of para-hydroxylation sites is 1. The largest absolute Gasteiger partial charge is 0.483 e. The average molecular weight is 424 g/mol. The standard InChI is InChI=1S/C25H33N3O3/c1-25(2)17-19-7-6-9-22(24(19)31-25)30-18-23(29)27(3)21-11-15-28(16-12-21)14-10-20-8-4-5-13-26-20/h4-9,13,21H,10-12,14-18H2,1-3H3. The summed E-state index contributed by atoms with van der Waals surface area (Å²) in [5.41, 5.74) is 2.04. The number of carbonyl (C=O) groups is 1. The number of carbonyl (C=O) groups excluding carboxylic acids is 1. The molecule has 1 aromatic carbocycles. The van der Waals surface area contributed by atoms with Crippen LogP contribution in [0.25, 0.3) is 0 Å². The topological polar surface area (TPSA) is 54.9 Å². The van der Waals surface area contributed by atoms with Crippen LogP contribution in [0, 0.1) is 0 Å². The van der Waals surface area contributed by atoms with E-state index in [1.54, 1.807) is 0 Å². The third-order valence-corrected chi connectivity index (χ3v) is 6.31. The molecule has 31 heavy (non-hydrogen) atoms. The molecule has 0 unspecified atom stereocenters. The molecule has 0 atom stereocenters. The Bertz CT molecular complexity index is 892. The van der Waals surface area contributed by atoms with Crippen molar-refractivity contribution in [2.45, 2.75) is 51.2 Å². The second-order valence-electron chi connectivity index (χ2n) is 9.22. The monoisotopic (exact) mass is 423 g/mol. The van der Waals surface area contributed by atoms with Gasteiger partial charge in [-0.25, -0.2) is 0 Å². The third kappa shape index (κ3) is 5.37. The predicted octanol–water partition coefficient (Wildman–Crippen LogP) is 3.34. The molecule has 0 radical (unpaired) electrons. The molecular weight excluding hydrogens is 390 g/mol. The number of rotatable bonds is 7. The number of ether oxygens (including phenoxy) is 2. The van der Waals surface area contributed by atoms with E-state index in [2.05, 4.69) is 35.9 Å². The minimum absolute atomic E-state index is 0.0156. The second kappa shape index (κ2) is 9.27. The summed E-state index contributed by atoms with van der Waals surface area (Å²) in [6.07, 6.45) is 5.65. The number of likely N-dealkylation sites (N-methyl/N-ethyl adjacent to an activating group) is 1. The highest BCUT2D eigenvalue weighted by Crippen LogP contribution is 2.41. The molecule has 0 spiro atoms. The molecule has 6 nitrogen and oxygen atoms in total. The van der Waals surface area contributed by atoms with Gasteiger partial charge in [0, 0.05) is 63.0 Å². The molecule has 0 bridgehead atoms. The van der Waals surface area contributed by atoms with Crippen LogP contribution < -0.4 is 9.47 Å². The lowest BCUT2D eigenvalue weighted by Crippen LogP contribution is -2.47. The number of likely N-dealkylation sites (tertiary alicyclic amines) is 1. The van der Waals surface area contributed by atoms with Gasteiger partial charge in [0.15, 0.2) is 18.1 Å². The van der Waals surface area contributed by atoms with E-state index in [1.807, 2.05) is 42.4 Å². The molecule has 1 aromatic heterocycles. The van der Waals surface area contributed by atoms with Crippen LogP contribution in [-0.2, 0) is 17.6 Å². The Balaban J connectivity index is 1.23. The van der Waals surface area contributed by atoms with Crippen molar-refractivity contribution in [3.8, 4) is 11.5 Å². The fourth-order valence-corrected chi connectivity index (χ4v) is 4.49. The van der Waals surface area contributed by atoms with Crippen LogP contribution in [0.5, 0.6) is 11.5 Å². The maximum Gasteiger partial charge on any atom is 0.260 e. The second-order valence-corrected chi connectivity index (χ2v) is 9.22. The van der Waals surface area contributed by atoms with E-state index < -0.39 is 0 Å². The zero-order valence-electron chi connectivity index (χ0n) is 18.8. The first-order valence-electron chi connectivity index (χ1n) is 11.2. The SMILES string of the molecule is CN(C(=O)COc1cccc2c1OC(C)(C)C2)C1CCN(CCc2ccccn2)CC1. The van der Waals surface area contributed by atoms with Crippen molar-refractivity contribution < 1.29 is 14.3 Å². The Morgan fingerprint density at radius 3 is 2.77 bits per heavy atom. The molecule has 4 rings (SSSR count). The molecule has 1 saturated heterocycles. The van der Waals surface area contributed by atoms with E-state index in [0.717, 1.165) is 62.3 Å². The average Bonchev–Trinajstić information content (AvgIpc) is 3.11. The zero-order valence-corrected chi connectivity index (χ0v) is 18.8. The lowest BCUT2D eigenvalue weighted by molar-refractivity contribution is -0.135. The van der Waals surface area contributed by atoms with Crippen molar-refractivity contribution in [3.63, 3.8) is 0 Å². The zero-order chi connectivity index (χ0) is 21.8. The van der Waals surface area contributed by atoms with Crippen LogP contribution in [0.15, 0.2) is 42.6 Å². The van der Waals surface area contributed by atoms with Crippen LogP contribution in [0.3, 0.4) is 0 Å². The van der Waals surface area contributed by atoms with E-state index >= 15 is 0 Å². The lowest BCUT2D eigenvalue weighted by atomic mass is 10.0. The van der Waals surface area contributed by atoms with Gasteiger partial charge in [-0.05, 0) is 44.9 Å². The number of nitrogens with zero attached hydrogens (tertiary/aromatic N) is 3. The summed E-state index contributed by atoms with van der Waals surface area (Å²) in [7, 11) is 1.90. The quantitative estimate of drug-likeness (QED) is 0.684. The van der Waals surface area contributed by atoms with Gasteiger partial charge in [-0.2, -0.15) is 0 Å². The molecule has 1 amide bonds. The molecule has 2 aliphatic rings. The summed E-state index contributed by atoms with van der Waals surface area (Å²) in [4.78, 5) is 21.5. The van der Waals surface area contributed by atoms with Crippen molar-refractivity contribution in [2.24, 2.45) is 0 Å². The first-order valence-corrected chi connectivity index (χ1v) is 11.2. The Morgan fingerprint density at radius 1 is 1.23 bits per heavy atom. The van der Waals surface area contributed by atoms with Gasteiger partial charge < -0.3 is 19.3 Å². The van der Waals surface area contributed by atoms with Crippen molar-refractivity contribution in [3.05, 3.63) is 53.9 Å². The first-order chi connectivity index (χ1) is 14.9. The maximum atomic E-state index is 12.8. The third-order valence-electron chi connectivity index (χ3n) is 6.31. The summed E-state index contributed by atoms with van der Waals surface area (Å²) in [5, 5.41) is 0. The molecule has 0 aliphatic carbocycles. The number of amides is 1. The maximum absolute atomic E-state index is 12.8. The van der Waals surface area contributed by atoms with Gasteiger partial charge in [0.25, 0.3) is 5.91 Å². The van der Waals surface area contributed by atoms with Crippen molar-refractivity contribution in [2.75, 3.05) is 33.3 Å².